The van der Waals surface area contributed by atoms with E-state index in [4.69, 9.17) is 4.55 Å². The molecule has 4 N–H and O–H groups in total. The summed E-state index contributed by atoms with van der Waals surface area (Å²) in [5, 5.41) is 1.33. The molecule has 0 spiro atoms. The Labute approximate surface area is 118 Å². The van der Waals surface area contributed by atoms with Gasteiger partial charge < -0.3 is 7.58 Å². The number of rotatable bonds is 1. The molecule has 0 bridgehead atoms. The molecule has 82 valence electrons. The molecule has 2 aromatic carbocycles. The Bertz CT molecular complexity index is 584. The van der Waals surface area contributed by atoms with Crippen LogP contribution in [0.5, 0.6) is 0 Å². The third kappa shape index (κ3) is 3.04. The van der Waals surface area contributed by atoms with Crippen molar-refractivity contribution in [3.8, 4) is 0 Å². The molecule has 0 aliphatic heterocycles. The van der Waals surface area contributed by atoms with Crippen molar-refractivity contribution in [2.24, 2.45) is 0 Å². The maximum absolute atomic E-state index is 11.0. The summed E-state index contributed by atoms with van der Waals surface area (Å²) in [4.78, 5) is -0.0457. The van der Waals surface area contributed by atoms with E-state index in [0.29, 0.717) is 5.39 Å². The minimum Gasteiger partial charge on any atom is -1.00 e. The van der Waals surface area contributed by atoms with Crippen molar-refractivity contribution in [2.45, 2.75) is 4.90 Å². The summed E-state index contributed by atoms with van der Waals surface area (Å²) >= 11 is 0. The topological polar surface area (TPSA) is 89.4 Å². The van der Waals surface area contributed by atoms with Gasteiger partial charge in [-0.05, 0) is 11.5 Å². The van der Waals surface area contributed by atoms with Crippen LogP contribution in [0.25, 0.3) is 10.8 Å². The van der Waals surface area contributed by atoms with Crippen LogP contribution < -0.4 is 35.7 Å². The Morgan fingerprint density at radius 1 is 1.00 bits per heavy atom. The van der Waals surface area contributed by atoms with Crippen molar-refractivity contribution in [1.29, 1.82) is 0 Å². The van der Waals surface area contributed by atoms with Gasteiger partial charge in [-0.3, -0.25) is 4.55 Å². The summed E-state index contributed by atoms with van der Waals surface area (Å²) in [6.07, 6.45) is 0. The zero-order valence-corrected chi connectivity index (χ0v) is 11.7. The molecular weight excluding hydrogens is 237 g/mol. The van der Waals surface area contributed by atoms with E-state index in [1.807, 2.05) is 6.07 Å². The molecule has 2 aromatic rings. The molecule has 0 fully saturated rings. The van der Waals surface area contributed by atoms with Gasteiger partial charge in [-0.1, -0.05) is 36.4 Å². The molecule has 0 radical (unpaired) electrons. The van der Waals surface area contributed by atoms with Crippen molar-refractivity contribution >= 4 is 20.9 Å². The van der Waals surface area contributed by atoms with E-state index in [0.717, 1.165) is 5.39 Å². The molecule has 0 aromatic heterocycles. The largest absolute Gasteiger partial charge is 1.00 e. The summed E-state index contributed by atoms with van der Waals surface area (Å²) in [7, 11) is -4.13. The Hall–Kier alpha value is -0.430. The molecule has 0 aliphatic rings. The zero-order valence-electron chi connectivity index (χ0n) is 9.92. The second-order valence-electron chi connectivity index (χ2n) is 2.95. The summed E-state index contributed by atoms with van der Waals surface area (Å²) in [5.41, 5.74) is 0. The van der Waals surface area contributed by atoms with Crippen LogP contribution in [0.2, 0.25) is 0 Å². The summed E-state index contributed by atoms with van der Waals surface area (Å²) < 4.78 is 31.0. The summed E-state index contributed by atoms with van der Waals surface area (Å²) in [6, 6.07) is 11.8. The van der Waals surface area contributed by atoms with Gasteiger partial charge in [-0.25, -0.2) is 0 Å². The van der Waals surface area contributed by atoms with E-state index in [-0.39, 0.29) is 42.0 Å². The van der Waals surface area contributed by atoms with Crippen LogP contribution in [0.3, 0.4) is 0 Å². The van der Waals surface area contributed by atoms with Crippen molar-refractivity contribution in [1.82, 2.24) is 6.15 Å². The molecule has 0 atom stereocenters. The second kappa shape index (κ2) is 5.77. The Morgan fingerprint density at radius 3 is 2.19 bits per heavy atom. The normalized spacial score (nSPS) is 10.3. The molecule has 0 saturated heterocycles. The first-order valence-electron chi connectivity index (χ1n) is 4.04. The molecule has 0 saturated carbocycles. The van der Waals surface area contributed by atoms with Gasteiger partial charge in [-0.2, -0.15) is 8.42 Å². The fourth-order valence-electron chi connectivity index (χ4n) is 1.42. The monoisotopic (exact) mass is 249 g/mol. The standard InChI is InChI=1S/C10H8O3S.H3N.Na.H/c11-14(12,13)10-7-3-5-8-4-1-2-6-9(8)10;;;/h1-7H,(H,11,12,13);1H3;;/q;;+1;-1. The average molecular weight is 249 g/mol. The van der Waals surface area contributed by atoms with Crippen molar-refractivity contribution in [3.63, 3.8) is 0 Å². The summed E-state index contributed by atoms with van der Waals surface area (Å²) in [6.45, 7) is 0. The van der Waals surface area contributed by atoms with Crippen molar-refractivity contribution in [3.05, 3.63) is 42.5 Å². The van der Waals surface area contributed by atoms with Crippen LogP contribution in [0.1, 0.15) is 1.43 Å². The Kier molecular flexibility index (Phi) is 5.61. The molecule has 0 heterocycles. The third-order valence-electron chi connectivity index (χ3n) is 2.03. The second-order valence-corrected chi connectivity index (χ2v) is 4.34. The van der Waals surface area contributed by atoms with Gasteiger partial charge in [0, 0.05) is 5.39 Å². The first-order chi connectivity index (χ1) is 6.59. The Balaban J connectivity index is 0. The minimum absolute atomic E-state index is 0. The first kappa shape index (κ1) is 15.6. The van der Waals surface area contributed by atoms with Crippen LogP contribution in [0, 0.1) is 0 Å². The van der Waals surface area contributed by atoms with Gasteiger partial charge in [-0.15, -0.1) is 0 Å². The van der Waals surface area contributed by atoms with Gasteiger partial charge in [0.25, 0.3) is 10.1 Å². The van der Waals surface area contributed by atoms with Gasteiger partial charge in [0.15, 0.2) is 0 Å². The number of hydrogen-bond donors (Lipinski definition) is 2. The van der Waals surface area contributed by atoms with E-state index in [1.54, 1.807) is 30.3 Å². The number of benzene rings is 2. The van der Waals surface area contributed by atoms with Gasteiger partial charge in [0.1, 0.15) is 4.90 Å². The van der Waals surface area contributed by atoms with Crippen LogP contribution in [0.4, 0.5) is 0 Å². The first-order valence-corrected chi connectivity index (χ1v) is 5.48. The fourth-order valence-corrected chi connectivity index (χ4v) is 2.13. The van der Waals surface area contributed by atoms with Crippen LogP contribution in [-0.4, -0.2) is 13.0 Å². The SMILES string of the molecule is N.O=S(=O)(O)c1cccc2ccccc12.[H-].[Na+]. The molecule has 6 heteroatoms. The van der Waals surface area contributed by atoms with Crippen LogP contribution in [-0.2, 0) is 10.1 Å². The predicted molar refractivity (Wildman–Crippen MR) is 59.9 cm³/mol. The van der Waals surface area contributed by atoms with Crippen molar-refractivity contribution < 1.29 is 44.0 Å². The molecule has 0 aliphatic carbocycles. The van der Waals surface area contributed by atoms with Gasteiger partial charge >= 0.3 is 29.6 Å². The maximum atomic E-state index is 11.0. The molecule has 0 amide bonds. The third-order valence-corrected chi connectivity index (χ3v) is 2.94. The van der Waals surface area contributed by atoms with Crippen molar-refractivity contribution in [2.75, 3.05) is 0 Å². The quantitative estimate of drug-likeness (QED) is 0.520. The zero-order chi connectivity index (χ0) is 10.2. The fraction of sp³-hybridized carbons (Fsp3) is 0. The van der Waals surface area contributed by atoms with E-state index in [2.05, 4.69) is 0 Å². The average Bonchev–Trinajstić information content (AvgIpc) is 2.15. The van der Waals surface area contributed by atoms with E-state index in [1.165, 1.54) is 6.07 Å². The van der Waals surface area contributed by atoms with E-state index < -0.39 is 10.1 Å². The van der Waals surface area contributed by atoms with Crippen LogP contribution in [0.15, 0.2) is 47.4 Å². The van der Waals surface area contributed by atoms with Crippen LogP contribution >= 0.6 is 0 Å². The Morgan fingerprint density at radius 2 is 1.56 bits per heavy atom. The van der Waals surface area contributed by atoms with Gasteiger partial charge in [0.2, 0.25) is 0 Å². The summed E-state index contributed by atoms with van der Waals surface area (Å²) in [5.74, 6) is 0. The minimum atomic E-state index is -4.13. The molecular formula is C10H12NNaO3S. The molecule has 16 heavy (non-hydrogen) atoms. The predicted octanol–water partition coefficient (Wildman–Crippen LogP) is -0.635. The number of fused-ring (bicyclic) bond motifs is 1. The van der Waals surface area contributed by atoms with Gasteiger partial charge in [0.05, 0.1) is 0 Å². The molecule has 2 rings (SSSR count). The molecule has 0 unspecified atom stereocenters. The van der Waals surface area contributed by atoms with E-state index >= 15 is 0 Å². The van der Waals surface area contributed by atoms with E-state index in [9.17, 15) is 8.42 Å². The smallest absolute Gasteiger partial charge is 1.00 e. The number of hydrogen-bond acceptors (Lipinski definition) is 3. The maximum Gasteiger partial charge on any atom is 1.00 e. The molecule has 4 nitrogen and oxygen atoms in total.